The Morgan fingerprint density at radius 1 is 1.56 bits per heavy atom. The summed E-state index contributed by atoms with van der Waals surface area (Å²) in [6.45, 7) is 3.63. The molecule has 4 nitrogen and oxygen atoms in total. The number of aryl methyl sites for hydroxylation is 1. The standard InChI is InChI=1S/C11H17N3O.ClH/c1-8-5-13-6-10(8)11(15)14-4-3-9(7-14)12-2;/h5-6,9,12-13H,3-4,7H2,1-2H3;1H. The highest BCUT2D eigenvalue weighted by Gasteiger charge is 2.26. The summed E-state index contributed by atoms with van der Waals surface area (Å²) in [5.41, 5.74) is 1.82. The van der Waals surface area contributed by atoms with E-state index in [-0.39, 0.29) is 18.3 Å². The molecule has 1 saturated heterocycles. The summed E-state index contributed by atoms with van der Waals surface area (Å²) in [6.07, 6.45) is 4.69. The first kappa shape index (κ1) is 13.1. The van der Waals surface area contributed by atoms with Crippen molar-refractivity contribution >= 4 is 18.3 Å². The van der Waals surface area contributed by atoms with E-state index in [2.05, 4.69) is 10.3 Å². The van der Waals surface area contributed by atoms with Crippen molar-refractivity contribution in [2.24, 2.45) is 0 Å². The number of carbonyl (C=O) groups excluding carboxylic acids is 1. The van der Waals surface area contributed by atoms with E-state index in [0.29, 0.717) is 6.04 Å². The van der Waals surface area contributed by atoms with Crippen LogP contribution in [0.3, 0.4) is 0 Å². The molecule has 0 aromatic carbocycles. The maximum atomic E-state index is 12.1. The quantitative estimate of drug-likeness (QED) is 0.820. The highest BCUT2D eigenvalue weighted by Crippen LogP contribution is 2.15. The second-order valence-corrected chi connectivity index (χ2v) is 4.08. The Morgan fingerprint density at radius 2 is 2.31 bits per heavy atom. The van der Waals surface area contributed by atoms with E-state index in [1.807, 2.05) is 25.1 Å². The van der Waals surface area contributed by atoms with Gasteiger partial charge in [-0.1, -0.05) is 0 Å². The normalized spacial score (nSPS) is 19.6. The Kier molecular flexibility index (Phi) is 4.38. The van der Waals surface area contributed by atoms with Crippen LogP contribution < -0.4 is 5.32 Å². The van der Waals surface area contributed by atoms with Crippen LogP contribution in [0.25, 0.3) is 0 Å². The lowest BCUT2D eigenvalue weighted by Gasteiger charge is -2.16. The lowest BCUT2D eigenvalue weighted by molar-refractivity contribution is 0.0789. The van der Waals surface area contributed by atoms with Gasteiger partial charge in [0.25, 0.3) is 5.91 Å². The number of aromatic amines is 1. The van der Waals surface area contributed by atoms with Crippen LogP contribution in [0.2, 0.25) is 0 Å². The molecular formula is C11H18ClN3O. The Balaban J connectivity index is 0.00000128. The first-order valence-corrected chi connectivity index (χ1v) is 5.32. The van der Waals surface area contributed by atoms with E-state index in [1.165, 1.54) is 0 Å². The van der Waals surface area contributed by atoms with Gasteiger partial charge in [0.05, 0.1) is 5.56 Å². The van der Waals surface area contributed by atoms with Crippen LogP contribution in [0, 0.1) is 6.92 Å². The maximum Gasteiger partial charge on any atom is 0.255 e. The number of carbonyl (C=O) groups is 1. The van der Waals surface area contributed by atoms with Gasteiger partial charge < -0.3 is 15.2 Å². The fraction of sp³-hybridized carbons (Fsp3) is 0.545. The number of likely N-dealkylation sites (tertiary alicyclic amines) is 1. The molecule has 5 heteroatoms. The summed E-state index contributed by atoms with van der Waals surface area (Å²) in [4.78, 5) is 16.9. The molecule has 16 heavy (non-hydrogen) atoms. The number of nitrogens with one attached hydrogen (secondary N) is 2. The summed E-state index contributed by atoms with van der Waals surface area (Å²) in [6, 6.07) is 0.452. The van der Waals surface area contributed by atoms with Gasteiger partial charge in [-0.25, -0.2) is 0 Å². The SMILES string of the molecule is CNC1CCN(C(=O)c2c[nH]cc2C)C1.Cl. The molecule has 2 rings (SSSR count). The van der Waals surface area contributed by atoms with E-state index in [0.717, 1.165) is 30.6 Å². The molecule has 0 spiro atoms. The van der Waals surface area contributed by atoms with Gasteiger partial charge in [-0.3, -0.25) is 4.79 Å². The van der Waals surface area contributed by atoms with Gasteiger partial charge in [-0.05, 0) is 26.0 Å². The van der Waals surface area contributed by atoms with E-state index in [9.17, 15) is 4.79 Å². The first-order valence-electron chi connectivity index (χ1n) is 5.32. The van der Waals surface area contributed by atoms with E-state index in [4.69, 9.17) is 0 Å². The number of hydrogen-bond donors (Lipinski definition) is 2. The Bertz CT molecular complexity index is 364. The molecule has 1 aromatic rings. The summed E-state index contributed by atoms with van der Waals surface area (Å²) in [7, 11) is 1.94. The number of aromatic nitrogens is 1. The van der Waals surface area contributed by atoms with Gasteiger partial charge >= 0.3 is 0 Å². The van der Waals surface area contributed by atoms with Crippen molar-refractivity contribution in [2.75, 3.05) is 20.1 Å². The lowest BCUT2D eigenvalue weighted by atomic mass is 10.2. The third-order valence-electron chi connectivity index (χ3n) is 3.07. The zero-order valence-electron chi connectivity index (χ0n) is 9.62. The summed E-state index contributed by atoms with van der Waals surface area (Å²) < 4.78 is 0. The van der Waals surface area contributed by atoms with Gasteiger partial charge in [-0.15, -0.1) is 12.4 Å². The third-order valence-corrected chi connectivity index (χ3v) is 3.07. The molecule has 1 fully saturated rings. The number of rotatable bonds is 2. The molecule has 0 bridgehead atoms. The molecule has 1 unspecified atom stereocenters. The Morgan fingerprint density at radius 3 is 2.81 bits per heavy atom. The van der Waals surface area contributed by atoms with E-state index in [1.54, 1.807) is 6.20 Å². The summed E-state index contributed by atoms with van der Waals surface area (Å²) in [5.74, 6) is 0.145. The minimum Gasteiger partial charge on any atom is -0.367 e. The molecule has 2 N–H and O–H groups in total. The fourth-order valence-corrected chi connectivity index (χ4v) is 2.02. The van der Waals surface area contributed by atoms with Gasteiger partial charge in [0.1, 0.15) is 0 Å². The zero-order valence-corrected chi connectivity index (χ0v) is 10.4. The van der Waals surface area contributed by atoms with Crippen LogP contribution in [0.15, 0.2) is 12.4 Å². The van der Waals surface area contributed by atoms with Gasteiger partial charge in [0.2, 0.25) is 0 Å². The smallest absolute Gasteiger partial charge is 0.255 e. The van der Waals surface area contributed by atoms with Crippen molar-refractivity contribution in [2.45, 2.75) is 19.4 Å². The predicted molar refractivity (Wildman–Crippen MR) is 66.1 cm³/mol. The third kappa shape index (κ3) is 2.39. The monoisotopic (exact) mass is 243 g/mol. The van der Waals surface area contributed by atoms with Crippen LogP contribution >= 0.6 is 12.4 Å². The molecule has 1 aliphatic rings. The number of hydrogen-bond acceptors (Lipinski definition) is 2. The minimum atomic E-state index is 0. The van der Waals surface area contributed by atoms with Gasteiger partial charge in [0, 0.05) is 31.5 Å². The molecule has 1 atom stereocenters. The number of nitrogens with zero attached hydrogens (tertiary/aromatic N) is 1. The molecule has 90 valence electrons. The van der Waals surface area contributed by atoms with Crippen molar-refractivity contribution < 1.29 is 4.79 Å². The minimum absolute atomic E-state index is 0. The van der Waals surface area contributed by atoms with Gasteiger partial charge in [-0.2, -0.15) is 0 Å². The Labute approximate surface area is 102 Å². The van der Waals surface area contributed by atoms with E-state index >= 15 is 0 Å². The Hall–Kier alpha value is -1.00. The fourth-order valence-electron chi connectivity index (χ4n) is 2.02. The molecule has 1 amide bonds. The lowest BCUT2D eigenvalue weighted by Crippen LogP contribution is -2.33. The maximum absolute atomic E-state index is 12.1. The summed E-state index contributed by atoms with van der Waals surface area (Å²) in [5, 5.41) is 3.21. The van der Waals surface area contributed by atoms with Crippen LogP contribution in [0.1, 0.15) is 22.3 Å². The highest BCUT2D eigenvalue weighted by molar-refractivity contribution is 5.95. The molecule has 2 heterocycles. The molecule has 0 radical (unpaired) electrons. The highest BCUT2D eigenvalue weighted by atomic mass is 35.5. The number of likely N-dealkylation sites (N-methyl/N-ethyl adjacent to an activating group) is 1. The molecular weight excluding hydrogens is 226 g/mol. The topological polar surface area (TPSA) is 48.1 Å². The molecule has 1 aromatic heterocycles. The second-order valence-electron chi connectivity index (χ2n) is 4.08. The van der Waals surface area contributed by atoms with Crippen molar-refractivity contribution in [3.8, 4) is 0 Å². The number of halogens is 1. The van der Waals surface area contributed by atoms with Crippen molar-refractivity contribution in [1.82, 2.24) is 15.2 Å². The van der Waals surface area contributed by atoms with Crippen molar-refractivity contribution in [1.29, 1.82) is 0 Å². The zero-order chi connectivity index (χ0) is 10.8. The van der Waals surface area contributed by atoms with Crippen LogP contribution in [0.4, 0.5) is 0 Å². The largest absolute Gasteiger partial charge is 0.367 e. The number of amides is 1. The molecule has 0 aliphatic carbocycles. The van der Waals surface area contributed by atoms with Crippen molar-refractivity contribution in [3.05, 3.63) is 23.5 Å². The molecule has 0 saturated carbocycles. The average Bonchev–Trinajstić information content (AvgIpc) is 2.84. The first-order chi connectivity index (χ1) is 7.22. The van der Waals surface area contributed by atoms with Gasteiger partial charge in [0.15, 0.2) is 0 Å². The summed E-state index contributed by atoms with van der Waals surface area (Å²) >= 11 is 0. The second kappa shape index (κ2) is 5.37. The number of H-pyrrole nitrogens is 1. The average molecular weight is 244 g/mol. The molecule has 1 aliphatic heterocycles. The van der Waals surface area contributed by atoms with Crippen LogP contribution in [0.5, 0.6) is 0 Å². The predicted octanol–water partition coefficient (Wildman–Crippen LogP) is 1.18. The van der Waals surface area contributed by atoms with Crippen LogP contribution in [-0.2, 0) is 0 Å². The van der Waals surface area contributed by atoms with Crippen LogP contribution in [-0.4, -0.2) is 42.0 Å². The van der Waals surface area contributed by atoms with E-state index < -0.39 is 0 Å². The van der Waals surface area contributed by atoms with Crippen molar-refractivity contribution in [3.63, 3.8) is 0 Å².